The van der Waals surface area contributed by atoms with E-state index >= 15 is 0 Å². The highest BCUT2D eigenvalue weighted by Crippen LogP contribution is 2.29. The molecule has 4 aromatic rings. The van der Waals surface area contributed by atoms with E-state index in [1.165, 1.54) is 12.1 Å². The minimum absolute atomic E-state index is 0.0194. The highest BCUT2D eigenvalue weighted by Gasteiger charge is 2.34. The SMILES string of the molecule is Cc1ccc(S(=O)(=O)N(CCCC(=O)O)C(=O)c2c3ccccc3[n+](CCCCCCCCCC(=O)O)c3ccccc23)cc1. The smallest absolute Gasteiger partial charge is 0.303 e. The molecule has 45 heavy (non-hydrogen) atoms. The highest BCUT2D eigenvalue weighted by molar-refractivity contribution is 7.89. The number of carboxylic acid groups (broad SMARTS) is 2. The van der Waals surface area contributed by atoms with E-state index in [9.17, 15) is 27.9 Å². The molecule has 10 heteroatoms. The first-order chi connectivity index (χ1) is 21.6. The maximum atomic E-state index is 14.4. The molecule has 4 rings (SSSR count). The van der Waals surface area contributed by atoms with Gasteiger partial charge in [0, 0.05) is 37.9 Å². The van der Waals surface area contributed by atoms with Crippen LogP contribution in [0, 0.1) is 6.92 Å². The number of para-hydroxylation sites is 2. The normalized spacial score (nSPS) is 11.6. The molecule has 238 valence electrons. The molecule has 1 aromatic heterocycles. The number of sulfonamides is 1. The minimum Gasteiger partial charge on any atom is -0.481 e. The second-order valence-electron chi connectivity index (χ2n) is 11.4. The maximum Gasteiger partial charge on any atom is 0.303 e. The number of rotatable bonds is 17. The molecule has 0 saturated heterocycles. The van der Waals surface area contributed by atoms with Crippen LogP contribution in [0.4, 0.5) is 0 Å². The predicted molar refractivity (Wildman–Crippen MR) is 172 cm³/mol. The van der Waals surface area contributed by atoms with Gasteiger partial charge in [0.05, 0.1) is 21.2 Å². The second kappa shape index (κ2) is 15.6. The van der Waals surface area contributed by atoms with E-state index in [4.69, 9.17) is 5.11 Å². The van der Waals surface area contributed by atoms with Gasteiger partial charge in [-0.25, -0.2) is 12.7 Å². The number of nitrogens with zero attached hydrogens (tertiary/aromatic N) is 2. The van der Waals surface area contributed by atoms with Gasteiger partial charge in [0.25, 0.3) is 15.9 Å². The third kappa shape index (κ3) is 8.45. The lowest BCUT2D eigenvalue weighted by Gasteiger charge is -2.24. The summed E-state index contributed by atoms with van der Waals surface area (Å²) >= 11 is 0. The fourth-order valence-electron chi connectivity index (χ4n) is 5.68. The molecule has 1 heterocycles. The van der Waals surface area contributed by atoms with Gasteiger partial charge in [-0.2, -0.15) is 4.57 Å². The molecule has 0 fully saturated rings. The van der Waals surface area contributed by atoms with Crippen molar-refractivity contribution >= 4 is 49.7 Å². The van der Waals surface area contributed by atoms with E-state index in [1.54, 1.807) is 12.1 Å². The molecule has 1 amide bonds. The number of hydrogen-bond donors (Lipinski definition) is 2. The Kier molecular flexibility index (Phi) is 11.6. The molecule has 0 unspecified atom stereocenters. The molecule has 0 spiro atoms. The van der Waals surface area contributed by atoms with E-state index in [-0.39, 0.29) is 36.3 Å². The first kappa shape index (κ1) is 33.6. The average Bonchev–Trinajstić information content (AvgIpc) is 3.01. The van der Waals surface area contributed by atoms with Crippen molar-refractivity contribution in [1.82, 2.24) is 4.31 Å². The van der Waals surface area contributed by atoms with Gasteiger partial charge < -0.3 is 10.2 Å². The number of carbonyl (C=O) groups excluding carboxylic acids is 1. The summed E-state index contributed by atoms with van der Waals surface area (Å²) in [5, 5.41) is 19.3. The lowest BCUT2D eigenvalue weighted by molar-refractivity contribution is -0.645. The van der Waals surface area contributed by atoms with Gasteiger partial charge in [-0.05, 0) is 50.5 Å². The van der Waals surface area contributed by atoms with E-state index < -0.39 is 27.9 Å². The topological polar surface area (TPSA) is 133 Å². The lowest BCUT2D eigenvalue weighted by Crippen LogP contribution is -2.40. The molecule has 0 bridgehead atoms. The van der Waals surface area contributed by atoms with Crippen LogP contribution in [-0.2, 0) is 26.2 Å². The van der Waals surface area contributed by atoms with Gasteiger partial charge in [-0.15, -0.1) is 0 Å². The van der Waals surface area contributed by atoms with Crippen molar-refractivity contribution in [2.24, 2.45) is 0 Å². The van der Waals surface area contributed by atoms with Crippen LogP contribution in [0.1, 0.15) is 80.1 Å². The number of pyridine rings is 1. The van der Waals surface area contributed by atoms with Crippen molar-refractivity contribution < 1.29 is 37.6 Å². The number of carbonyl (C=O) groups is 3. The number of aromatic nitrogens is 1. The Hall–Kier alpha value is -4.31. The largest absolute Gasteiger partial charge is 0.481 e. The lowest BCUT2D eigenvalue weighted by atomic mass is 10.0. The third-order valence-corrected chi connectivity index (χ3v) is 9.80. The minimum atomic E-state index is -4.29. The zero-order valence-electron chi connectivity index (χ0n) is 25.7. The summed E-state index contributed by atoms with van der Waals surface area (Å²) in [7, 11) is -4.29. The Labute approximate surface area is 264 Å². The Morgan fingerprint density at radius 2 is 1.16 bits per heavy atom. The van der Waals surface area contributed by atoms with Gasteiger partial charge in [-0.3, -0.25) is 14.4 Å². The molecule has 0 aliphatic carbocycles. The van der Waals surface area contributed by atoms with Crippen LogP contribution in [0.3, 0.4) is 0 Å². The Bertz CT molecular complexity index is 1710. The van der Waals surface area contributed by atoms with Gasteiger partial charge in [-0.1, -0.05) is 67.6 Å². The number of aryl methyl sites for hydroxylation is 2. The molecule has 0 saturated carbocycles. The van der Waals surface area contributed by atoms with E-state index in [1.807, 2.05) is 55.5 Å². The molecule has 0 aliphatic rings. The van der Waals surface area contributed by atoms with Gasteiger partial charge >= 0.3 is 11.9 Å². The van der Waals surface area contributed by atoms with Crippen LogP contribution < -0.4 is 4.57 Å². The quantitative estimate of drug-likeness (QED) is 0.0771. The summed E-state index contributed by atoms with van der Waals surface area (Å²) in [6, 6.07) is 21.2. The molecular formula is C35H41N2O7S+. The molecular weight excluding hydrogens is 592 g/mol. The fraction of sp³-hybridized carbons (Fsp3) is 0.371. The third-order valence-electron chi connectivity index (χ3n) is 8.00. The van der Waals surface area contributed by atoms with Crippen molar-refractivity contribution in [3.05, 3.63) is 83.9 Å². The summed E-state index contributed by atoms with van der Waals surface area (Å²) in [5.74, 6) is -2.51. The molecule has 0 aliphatic heterocycles. The van der Waals surface area contributed by atoms with Gasteiger partial charge in [0.1, 0.15) is 6.54 Å². The van der Waals surface area contributed by atoms with Crippen LogP contribution in [0.5, 0.6) is 0 Å². The summed E-state index contributed by atoms with van der Waals surface area (Å²) < 4.78 is 30.8. The standard InChI is InChI=1S/C35H40N2O7S/c1-26-20-22-27(23-21-26)45(43,44)37(25-13-19-33(40)41)35(42)34-28-14-8-10-16-30(28)36(31-17-11-9-15-29(31)34)24-12-6-4-2-3-5-7-18-32(38)39/h8-11,14-17,20-23H,2-7,12-13,18-19,24-25H2,1H3,(H-,38,39,40,41)/p+1. The Morgan fingerprint density at radius 1 is 0.667 bits per heavy atom. The van der Waals surface area contributed by atoms with E-state index in [0.717, 1.165) is 59.4 Å². The molecule has 0 radical (unpaired) electrons. The fourth-order valence-corrected chi connectivity index (χ4v) is 7.10. The first-order valence-electron chi connectivity index (χ1n) is 15.5. The van der Waals surface area contributed by atoms with Crippen LogP contribution in [-0.4, -0.2) is 47.3 Å². The molecule has 0 atom stereocenters. The summed E-state index contributed by atoms with van der Waals surface area (Å²) in [4.78, 5) is 36.4. The van der Waals surface area contributed by atoms with Crippen molar-refractivity contribution in [1.29, 1.82) is 0 Å². The molecule has 9 nitrogen and oxygen atoms in total. The number of carboxylic acids is 2. The zero-order valence-corrected chi connectivity index (χ0v) is 26.5. The summed E-state index contributed by atoms with van der Waals surface area (Å²) in [6.07, 6.45) is 6.56. The Balaban J connectivity index is 1.67. The highest BCUT2D eigenvalue weighted by atomic mass is 32.2. The van der Waals surface area contributed by atoms with Crippen LogP contribution in [0.2, 0.25) is 0 Å². The monoisotopic (exact) mass is 633 g/mol. The average molecular weight is 634 g/mol. The zero-order chi connectivity index (χ0) is 32.4. The van der Waals surface area contributed by atoms with Crippen LogP contribution in [0.25, 0.3) is 21.8 Å². The summed E-state index contributed by atoms with van der Waals surface area (Å²) in [6.45, 7) is 2.28. The van der Waals surface area contributed by atoms with Gasteiger partial charge in [0.2, 0.25) is 11.0 Å². The first-order valence-corrected chi connectivity index (χ1v) is 17.0. The number of hydrogen-bond acceptors (Lipinski definition) is 5. The van der Waals surface area contributed by atoms with E-state index in [0.29, 0.717) is 23.7 Å². The second-order valence-corrected chi connectivity index (χ2v) is 13.2. The number of aliphatic carboxylic acids is 2. The van der Waals surface area contributed by atoms with E-state index in [2.05, 4.69) is 4.57 Å². The summed E-state index contributed by atoms with van der Waals surface area (Å²) in [5.41, 5.74) is 2.76. The number of benzene rings is 3. The molecule has 3 aromatic carbocycles. The van der Waals surface area contributed by atoms with Crippen LogP contribution in [0.15, 0.2) is 77.7 Å². The van der Waals surface area contributed by atoms with Crippen molar-refractivity contribution in [3.63, 3.8) is 0 Å². The van der Waals surface area contributed by atoms with Crippen molar-refractivity contribution in [2.45, 2.75) is 82.6 Å². The predicted octanol–water partition coefficient (Wildman–Crippen LogP) is 6.49. The van der Waals surface area contributed by atoms with Gasteiger partial charge in [0.15, 0.2) is 0 Å². The maximum absolute atomic E-state index is 14.4. The van der Waals surface area contributed by atoms with Crippen molar-refractivity contribution in [2.75, 3.05) is 6.54 Å². The Morgan fingerprint density at radius 3 is 1.71 bits per heavy atom. The number of amides is 1. The van der Waals surface area contributed by atoms with Crippen molar-refractivity contribution in [3.8, 4) is 0 Å². The number of fused-ring (bicyclic) bond motifs is 2. The number of unbranched alkanes of at least 4 members (excludes halogenated alkanes) is 6. The van der Waals surface area contributed by atoms with Crippen LogP contribution >= 0.6 is 0 Å². The molecule has 2 N–H and O–H groups in total.